The van der Waals surface area contributed by atoms with Gasteiger partial charge in [0, 0.05) is 44.6 Å². The van der Waals surface area contributed by atoms with Gasteiger partial charge in [-0.25, -0.2) is 4.79 Å². The van der Waals surface area contributed by atoms with Crippen molar-refractivity contribution in [3.8, 4) is 0 Å². The molecule has 1 atom stereocenters. The molecule has 1 N–H and O–H groups in total. The number of hydrogen-bond donors (Lipinski definition) is 1. The highest BCUT2D eigenvalue weighted by Crippen LogP contribution is 2.32. The maximum absolute atomic E-state index is 12.4. The van der Waals surface area contributed by atoms with Crippen LogP contribution in [0.15, 0.2) is 17.5 Å². The van der Waals surface area contributed by atoms with Gasteiger partial charge in [0.15, 0.2) is 0 Å². The summed E-state index contributed by atoms with van der Waals surface area (Å²) in [5.74, 6) is 0.335. The highest BCUT2D eigenvalue weighted by molar-refractivity contribution is 7.14. The van der Waals surface area contributed by atoms with Crippen LogP contribution in [-0.4, -0.2) is 66.4 Å². The molecule has 8 heteroatoms. The van der Waals surface area contributed by atoms with Crippen LogP contribution in [0.3, 0.4) is 0 Å². The van der Waals surface area contributed by atoms with Crippen molar-refractivity contribution in [3.63, 3.8) is 0 Å². The molecule has 134 valence electrons. The van der Waals surface area contributed by atoms with E-state index in [-0.39, 0.29) is 30.3 Å². The number of anilines is 1. The highest BCUT2D eigenvalue weighted by atomic mass is 32.1. The standard InChI is InChI=1S/C17H22N4O3S/c22-14-8-12(10-21(14)13-3-4-13)9-18-17(24)19-5-6-20(15(23)11-19)16-2-1-7-25-16/h1-2,7,12-13H,3-6,8-11H2,(H,18,24). The summed E-state index contributed by atoms with van der Waals surface area (Å²) in [7, 11) is 0. The zero-order chi connectivity index (χ0) is 17.4. The Morgan fingerprint density at radius 1 is 1.24 bits per heavy atom. The fourth-order valence-electron chi connectivity index (χ4n) is 3.53. The fraction of sp³-hybridized carbons (Fsp3) is 0.588. The molecule has 3 aliphatic rings. The largest absolute Gasteiger partial charge is 0.339 e. The molecule has 0 aromatic carbocycles. The van der Waals surface area contributed by atoms with Crippen LogP contribution in [-0.2, 0) is 9.59 Å². The highest BCUT2D eigenvalue weighted by Gasteiger charge is 2.39. The molecule has 2 saturated heterocycles. The van der Waals surface area contributed by atoms with E-state index in [1.807, 2.05) is 22.4 Å². The van der Waals surface area contributed by atoms with E-state index in [0.717, 1.165) is 24.4 Å². The molecule has 1 unspecified atom stereocenters. The Morgan fingerprint density at radius 2 is 2.08 bits per heavy atom. The molecule has 0 bridgehead atoms. The second-order valence-corrected chi connectivity index (χ2v) is 7.88. The van der Waals surface area contributed by atoms with Crippen LogP contribution in [0.5, 0.6) is 0 Å². The lowest BCUT2D eigenvalue weighted by Crippen LogP contribution is -2.55. The van der Waals surface area contributed by atoms with E-state index in [2.05, 4.69) is 5.32 Å². The van der Waals surface area contributed by atoms with Crippen molar-refractivity contribution in [1.82, 2.24) is 15.1 Å². The minimum atomic E-state index is -0.212. The van der Waals surface area contributed by atoms with E-state index < -0.39 is 0 Å². The lowest BCUT2D eigenvalue weighted by molar-refractivity contribution is -0.128. The summed E-state index contributed by atoms with van der Waals surface area (Å²) in [5.41, 5.74) is 0. The number of urea groups is 1. The third-order valence-corrected chi connectivity index (χ3v) is 5.94. The number of hydrogen-bond acceptors (Lipinski definition) is 4. The van der Waals surface area contributed by atoms with Crippen molar-refractivity contribution in [1.29, 1.82) is 0 Å². The molecular weight excluding hydrogens is 340 g/mol. The van der Waals surface area contributed by atoms with Gasteiger partial charge in [0.25, 0.3) is 0 Å². The minimum Gasteiger partial charge on any atom is -0.339 e. The van der Waals surface area contributed by atoms with Gasteiger partial charge in [0.1, 0.15) is 6.54 Å². The van der Waals surface area contributed by atoms with Crippen molar-refractivity contribution in [2.75, 3.05) is 37.6 Å². The third-order valence-electron chi connectivity index (χ3n) is 5.05. The maximum atomic E-state index is 12.4. The summed E-state index contributed by atoms with van der Waals surface area (Å²) in [6.45, 7) is 2.38. The molecule has 1 aromatic heterocycles. The Balaban J connectivity index is 1.25. The molecule has 4 rings (SSSR count). The topological polar surface area (TPSA) is 73.0 Å². The van der Waals surface area contributed by atoms with Crippen molar-refractivity contribution in [3.05, 3.63) is 17.5 Å². The average molecular weight is 362 g/mol. The number of piperazine rings is 1. The molecule has 3 heterocycles. The second kappa shape index (κ2) is 6.67. The van der Waals surface area contributed by atoms with Crippen molar-refractivity contribution in [2.24, 2.45) is 5.92 Å². The van der Waals surface area contributed by atoms with Gasteiger partial charge in [-0.15, -0.1) is 11.3 Å². The van der Waals surface area contributed by atoms with Gasteiger partial charge in [-0.1, -0.05) is 0 Å². The van der Waals surface area contributed by atoms with Gasteiger partial charge in [-0.3, -0.25) is 9.59 Å². The van der Waals surface area contributed by atoms with E-state index in [4.69, 9.17) is 0 Å². The van der Waals surface area contributed by atoms with Gasteiger partial charge >= 0.3 is 6.03 Å². The van der Waals surface area contributed by atoms with Gasteiger partial charge in [-0.2, -0.15) is 0 Å². The van der Waals surface area contributed by atoms with Crippen LogP contribution in [0.25, 0.3) is 0 Å². The smallest absolute Gasteiger partial charge is 0.317 e. The van der Waals surface area contributed by atoms with E-state index in [9.17, 15) is 14.4 Å². The van der Waals surface area contributed by atoms with Crippen molar-refractivity contribution < 1.29 is 14.4 Å². The molecule has 2 aliphatic heterocycles. The first kappa shape index (κ1) is 16.4. The lowest BCUT2D eigenvalue weighted by atomic mass is 10.1. The Morgan fingerprint density at radius 3 is 2.76 bits per heavy atom. The van der Waals surface area contributed by atoms with Gasteiger partial charge in [-0.05, 0) is 30.4 Å². The van der Waals surface area contributed by atoms with Gasteiger partial charge < -0.3 is 20.0 Å². The summed E-state index contributed by atoms with van der Waals surface area (Å²) < 4.78 is 0. The first-order valence-electron chi connectivity index (χ1n) is 8.78. The molecule has 1 saturated carbocycles. The van der Waals surface area contributed by atoms with E-state index in [1.54, 1.807) is 9.80 Å². The molecule has 7 nitrogen and oxygen atoms in total. The lowest BCUT2D eigenvalue weighted by Gasteiger charge is -2.33. The SMILES string of the molecule is O=C(NCC1CC(=O)N(C2CC2)C1)N1CCN(c2cccs2)C(=O)C1. The predicted octanol–water partition coefficient (Wildman–Crippen LogP) is 1.12. The zero-order valence-electron chi connectivity index (χ0n) is 14.0. The summed E-state index contributed by atoms with van der Waals surface area (Å²) in [6, 6.07) is 4.06. The number of amides is 4. The van der Waals surface area contributed by atoms with E-state index in [0.29, 0.717) is 32.1 Å². The average Bonchev–Trinajstić information content (AvgIpc) is 3.15. The molecule has 1 aliphatic carbocycles. The van der Waals surface area contributed by atoms with Crippen LogP contribution < -0.4 is 10.2 Å². The molecular formula is C17H22N4O3S. The van der Waals surface area contributed by atoms with Crippen LogP contribution in [0.4, 0.5) is 9.80 Å². The van der Waals surface area contributed by atoms with Crippen LogP contribution in [0.1, 0.15) is 19.3 Å². The van der Waals surface area contributed by atoms with E-state index >= 15 is 0 Å². The molecule has 1 aromatic rings. The Hall–Kier alpha value is -2.09. The molecule has 3 fully saturated rings. The number of rotatable bonds is 4. The summed E-state index contributed by atoms with van der Waals surface area (Å²) in [6.07, 6.45) is 2.74. The van der Waals surface area contributed by atoms with Crippen LogP contribution >= 0.6 is 11.3 Å². The van der Waals surface area contributed by atoms with Gasteiger partial charge in [0.2, 0.25) is 11.8 Å². The monoisotopic (exact) mass is 362 g/mol. The van der Waals surface area contributed by atoms with Crippen LogP contribution in [0.2, 0.25) is 0 Å². The fourth-order valence-corrected chi connectivity index (χ4v) is 4.30. The number of nitrogens with one attached hydrogen (secondary N) is 1. The molecule has 25 heavy (non-hydrogen) atoms. The number of carbonyl (C=O) groups excluding carboxylic acids is 3. The van der Waals surface area contributed by atoms with Crippen LogP contribution in [0, 0.1) is 5.92 Å². The summed E-state index contributed by atoms with van der Waals surface area (Å²) >= 11 is 1.53. The zero-order valence-corrected chi connectivity index (χ0v) is 14.8. The molecule has 0 radical (unpaired) electrons. The molecule has 0 spiro atoms. The Kier molecular flexibility index (Phi) is 4.37. The maximum Gasteiger partial charge on any atom is 0.317 e. The quantitative estimate of drug-likeness (QED) is 0.872. The Labute approximate surface area is 150 Å². The first-order valence-corrected chi connectivity index (χ1v) is 9.66. The second-order valence-electron chi connectivity index (χ2n) is 6.95. The van der Waals surface area contributed by atoms with Crippen molar-refractivity contribution in [2.45, 2.75) is 25.3 Å². The Bertz CT molecular complexity index is 673. The summed E-state index contributed by atoms with van der Waals surface area (Å²) in [5, 5.41) is 5.77. The predicted molar refractivity (Wildman–Crippen MR) is 94.5 cm³/mol. The normalized spacial score (nSPS) is 24.2. The third kappa shape index (κ3) is 3.49. The minimum absolute atomic E-state index is 0.0557. The van der Waals surface area contributed by atoms with E-state index in [1.165, 1.54) is 11.3 Å². The van der Waals surface area contributed by atoms with Crippen molar-refractivity contribution >= 4 is 34.2 Å². The number of likely N-dealkylation sites (tertiary alicyclic amines) is 1. The van der Waals surface area contributed by atoms with Gasteiger partial charge in [0.05, 0.1) is 5.00 Å². The molecule has 4 amide bonds. The summed E-state index contributed by atoms with van der Waals surface area (Å²) in [4.78, 5) is 41.9. The number of nitrogens with zero attached hydrogens (tertiary/aromatic N) is 3. The number of thiophene rings is 1. The number of carbonyl (C=O) groups is 3. The first-order chi connectivity index (χ1) is 12.1.